The van der Waals surface area contributed by atoms with Gasteiger partial charge in [0.15, 0.2) is 0 Å². The van der Waals surface area contributed by atoms with Crippen molar-refractivity contribution in [1.29, 1.82) is 0 Å². The topological polar surface area (TPSA) is 21.3 Å². The molecule has 1 aliphatic heterocycles. The summed E-state index contributed by atoms with van der Waals surface area (Å²) >= 11 is 0. The summed E-state index contributed by atoms with van der Waals surface area (Å²) in [4.78, 5) is 0. The third-order valence-electron chi connectivity index (χ3n) is 3.70. The average molecular weight is 213 g/mol. The number of nitrogens with one attached hydrogen (secondary N) is 1. The molecule has 2 unspecified atom stereocenters. The maximum absolute atomic E-state index is 6.09. The molecule has 90 valence electrons. The van der Waals surface area contributed by atoms with Gasteiger partial charge in [0.25, 0.3) is 0 Å². The minimum Gasteiger partial charge on any atom is -0.369 e. The van der Waals surface area contributed by atoms with Gasteiger partial charge in [-0.05, 0) is 66.8 Å². The summed E-state index contributed by atoms with van der Waals surface area (Å²) in [6.45, 7) is 11.1. The fourth-order valence-electron chi connectivity index (χ4n) is 2.72. The third kappa shape index (κ3) is 3.46. The van der Waals surface area contributed by atoms with Crippen LogP contribution in [0.15, 0.2) is 0 Å². The Balaban J connectivity index is 2.48. The summed E-state index contributed by atoms with van der Waals surface area (Å²) in [6, 6.07) is 0.615. The van der Waals surface area contributed by atoms with Gasteiger partial charge in [0.05, 0.1) is 11.2 Å². The van der Waals surface area contributed by atoms with Crippen molar-refractivity contribution in [2.75, 3.05) is 7.05 Å². The van der Waals surface area contributed by atoms with Gasteiger partial charge in [0, 0.05) is 6.04 Å². The lowest BCUT2D eigenvalue weighted by molar-refractivity contribution is -0.0754. The molecule has 0 saturated carbocycles. The first kappa shape index (κ1) is 13.0. The third-order valence-corrected chi connectivity index (χ3v) is 3.70. The van der Waals surface area contributed by atoms with E-state index < -0.39 is 0 Å². The van der Waals surface area contributed by atoms with E-state index in [4.69, 9.17) is 4.74 Å². The molecule has 0 amide bonds. The first-order valence-corrected chi connectivity index (χ1v) is 6.14. The van der Waals surface area contributed by atoms with Gasteiger partial charge < -0.3 is 10.1 Å². The molecule has 0 aromatic heterocycles. The van der Waals surface area contributed by atoms with Crippen LogP contribution in [0.5, 0.6) is 0 Å². The van der Waals surface area contributed by atoms with Crippen molar-refractivity contribution in [3.05, 3.63) is 0 Å². The molecule has 0 spiro atoms. The number of rotatable bonds is 4. The maximum Gasteiger partial charge on any atom is 0.0662 e. The summed E-state index contributed by atoms with van der Waals surface area (Å²) < 4.78 is 6.09. The van der Waals surface area contributed by atoms with Crippen LogP contribution in [-0.4, -0.2) is 24.3 Å². The van der Waals surface area contributed by atoms with Crippen molar-refractivity contribution in [3.8, 4) is 0 Å². The molecule has 1 heterocycles. The van der Waals surface area contributed by atoms with Gasteiger partial charge in [-0.2, -0.15) is 0 Å². The molecule has 1 aliphatic rings. The predicted octanol–water partition coefficient (Wildman–Crippen LogP) is 2.97. The Hall–Kier alpha value is -0.0800. The van der Waals surface area contributed by atoms with Crippen molar-refractivity contribution in [2.45, 2.75) is 71.1 Å². The van der Waals surface area contributed by atoms with Crippen molar-refractivity contribution in [2.24, 2.45) is 5.92 Å². The van der Waals surface area contributed by atoms with Gasteiger partial charge >= 0.3 is 0 Å². The Kier molecular flexibility index (Phi) is 3.83. The van der Waals surface area contributed by atoms with Crippen LogP contribution in [0.3, 0.4) is 0 Å². The zero-order chi connectivity index (χ0) is 11.7. The molecule has 0 aliphatic carbocycles. The molecule has 1 rings (SSSR count). The van der Waals surface area contributed by atoms with Gasteiger partial charge in [-0.3, -0.25) is 0 Å². The molecule has 2 nitrogen and oxygen atoms in total. The summed E-state index contributed by atoms with van der Waals surface area (Å²) in [6.07, 6.45) is 3.69. The molecule has 1 N–H and O–H groups in total. The molecule has 1 saturated heterocycles. The highest BCUT2D eigenvalue weighted by atomic mass is 16.5. The second kappa shape index (κ2) is 4.42. The maximum atomic E-state index is 6.09. The zero-order valence-corrected chi connectivity index (χ0v) is 11.2. The van der Waals surface area contributed by atoms with Gasteiger partial charge in [-0.1, -0.05) is 0 Å². The van der Waals surface area contributed by atoms with E-state index in [-0.39, 0.29) is 11.2 Å². The molecule has 0 aromatic rings. The van der Waals surface area contributed by atoms with E-state index in [9.17, 15) is 0 Å². The van der Waals surface area contributed by atoms with Crippen LogP contribution in [0.25, 0.3) is 0 Å². The molecule has 0 radical (unpaired) electrons. The smallest absolute Gasteiger partial charge is 0.0662 e. The van der Waals surface area contributed by atoms with Crippen molar-refractivity contribution in [3.63, 3.8) is 0 Å². The molecule has 0 aromatic carbocycles. The summed E-state index contributed by atoms with van der Waals surface area (Å²) in [7, 11) is 2.03. The molecular formula is C13H27NO. The summed E-state index contributed by atoms with van der Waals surface area (Å²) in [5.74, 6) is 0.697. The highest BCUT2D eigenvalue weighted by Gasteiger charge is 2.45. The predicted molar refractivity (Wildman–Crippen MR) is 65.1 cm³/mol. The van der Waals surface area contributed by atoms with Crippen molar-refractivity contribution in [1.82, 2.24) is 5.32 Å². The Morgan fingerprint density at radius 2 is 1.93 bits per heavy atom. The molecule has 15 heavy (non-hydrogen) atoms. The lowest BCUT2D eigenvalue weighted by atomic mass is 9.83. The molecule has 1 fully saturated rings. The van der Waals surface area contributed by atoms with Gasteiger partial charge in [-0.25, -0.2) is 0 Å². The first-order valence-electron chi connectivity index (χ1n) is 6.14. The molecule has 2 heteroatoms. The fourth-order valence-corrected chi connectivity index (χ4v) is 2.72. The van der Waals surface area contributed by atoms with E-state index in [0.717, 1.165) is 0 Å². The lowest BCUT2D eigenvalue weighted by Crippen LogP contribution is -2.30. The molecular weight excluding hydrogens is 186 g/mol. The molecule has 2 atom stereocenters. The van der Waals surface area contributed by atoms with Crippen molar-refractivity contribution < 1.29 is 4.74 Å². The highest BCUT2D eigenvalue weighted by molar-refractivity contribution is 4.94. The Morgan fingerprint density at radius 3 is 2.33 bits per heavy atom. The number of ether oxygens (including phenoxy) is 1. The zero-order valence-electron chi connectivity index (χ0n) is 11.2. The number of hydrogen-bond donors (Lipinski definition) is 1. The van der Waals surface area contributed by atoms with Crippen LogP contribution in [0, 0.1) is 5.92 Å². The second-order valence-electron chi connectivity index (χ2n) is 6.13. The first-order chi connectivity index (χ1) is 6.77. The standard InChI is InChI=1S/C13H27NO/c1-10(14-6)7-8-11-9-12(2,3)15-13(11,4)5/h10-11,14H,7-9H2,1-6H3. The minimum absolute atomic E-state index is 0.0525. The highest BCUT2D eigenvalue weighted by Crippen LogP contribution is 2.44. The Morgan fingerprint density at radius 1 is 1.33 bits per heavy atom. The summed E-state index contributed by atoms with van der Waals surface area (Å²) in [5, 5.41) is 3.30. The van der Waals surface area contributed by atoms with Crippen LogP contribution in [0.4, 0.5) is 0 Å². The van der Waals surface area contributed by atoms with E-state index in [1.54, 1.807) is 0 Å². The second-order valence-corrected chi connectivity index (χ2v) is 6.13. The van der Waals surface area contributed by atoms with E-state index in [2.05, 4.69) is 39.9 Å². The normalized spacial score (nSPS) is 30.4. The molecule has 0 bridgehead atoms. The Labute approximate surface area is 94.8 Å². The van der Waals surface area contributed by atoms with Gasteiger partial charge in [0.1, 0.15) is 0 Å². The lowest BCUT2D eigenvalue weighted by Gasteiger charge is -2.28. The number of hydrogen-bond acceptors (Lipinski definition) is 2. The van der Waals surface area contributed by atoms with E-state index >= 15 is 0 Å². The van der Waals surface area contributed by atoms with Crippen LogP contribution < -0.4 is 5.32 Å². The van der Waals surface area contributed by atoms with Gasteiger partial charge in [-0.15, -0.1) is 0 Å². The van der Waals surface area contributed by atoms with Crippen LogP contribution >= 0.6 is 0 Å². The largest absolute Gasteiger partial charge is 0.369 e. The quantitative estimate of drug-likeness (QED) is 0.775. The summed E-state index contributed by atoms with van der Waals surface area (Å²) in [5.41, 5.74) is 0.119. The van der Waals surface area contributed by atoms with Crippen LogP contribution in [0.1, 0.15) is 53.9 Å². The minimum atomic E-state index is 0.0525. The van der Waals surface area contributed by atoms with E-state index in [0.29, 0.717) is 12.0 Å². The van der Waals surface area contributed by atoms with Crippen molar-refractivity contribution >= 4 is 0 Å². The monoisotopic (exact) mass is 213 g/mol. The van der Waals surface area contributed by atoms with Gasteiger partial charge in [0.2, 0.25) is 0 Å². The average Bonchev–Trinajstić information content (AvgIpc) is 2.29. The van der Waals surface area contributed by atoms with E-state index in [1.807, 2.05) is 7.05 Å². The SMILES string of the molecule is CNC(C)CCC1CC(C)(C)OC1(C)C. The Bertz CT molecular complexity index is 211. The van der Waals surface area contributed by atoms with Crippen LogP contribution in [0.2, 0.25) is 0 Å². The fraction of sp³-hybridized carbons (Fsp3) is 1.00. The van der Waals surface area contributed by atoms with E-state index in [1.165, 1.54) is 19.3 Å². The van der Waals surface area contributed by atoms with Crippen LogP contribution in [-0.2, 0) is 4.74 Å².